The standard InChI is InChI=1S/C19H20N2OS/c1-13(21-11-4-5-12-21)19(22)14-7-6-10-17-18(14)20-15-8-2-3-9-16(15)23-17/h2-3,6-10,13,20H,4-5,11-12H2,1H3. The van der Waals surface area contributed by atoms with Crippen LogP contribution in [0.15, 0.2) is 52.3 Å². The van der Waals surface area contributed by atoms with E-state index in [2.05, 4.69) is 28.4 Å². The second kappa shape index (κ2) is 6.02. The van der Waals surface area contributed by atoms with Crippen molar-refractivity contribution in [2.24, 2.45) is 0 Å². The first-order valence-electron chi connectivity index (χ1n) is 8.19. The molecule has 0 bridgehead atoms. The molecule has 118 valence electrons. The lowest BCUT2D eigenvalue weighted by Gasteiger charge is -2.26. The van der Waals surface area contributed by atoms with E-state index in [1.807, 2.05) is 31.2 Å². The van der Waals surface area contributed by atoms with E-state index >= 15 is 0 Å². The lowest BCUT2D eigenvalue weighted by Crippen LogP contribution is -2.37. The van der Waals surface area contributed by atoms with E-state index in [1.54, 1.807) is 11.8 Å². The van der Waals surface area contributed by atoms with Gasteiger partial charge in [0.1, 0.15) is 0 Å². The largest absolute Gasteiger partial charge is 0.353 e. The number of benzene rings is 2. The average Bonchev–Trinajstić information content (AvgIpc) is 3.12. The van der Waals surface area contributed by atoms with Crippen LogP contribution in [0.1, 0.15) is 30.1 Å². The molecule has 3 nitrogen and oxygen atoms in total. The highest BCUT2D eigenvalue weighted by atomic mass is 32.2. The monoisotopic (exact) mass is 324 g/mol. The van der Waals surface area contributed by atoms with Crippen LogP contribution in [-0.2, 0) is 0 Å². The van der Waals surface area contributed by atoms with Crippen molar-refractivity contribution in [1.82, 2.24) is 4.90 Å². The summed E-state index contributed by atoms with van der Waals surface area (Å²) in [6, 6.07) is 14.2. The minimum atomic E-state index is -0.0482. The fraction of sp³-hybridized carbons (Fsp3) is 0.316. The van der Waals surface area contributed by atoms with Gasteiger partial charge in [0.2, 0.25) is 0 Å². The third kappa shape index (κ3) is 2.66. The van der Waals surface area contributed by atoms with Gasteiger partial charge >= 0.3 is 0 Å². The predicted octanol–water partition coefficient (Wildman–Crippen LogP) is 4.56. The minimum absolute atomic E-state index is 0.0482. The van der Waals surface area contributed by atoms with Gasteiger partial charge in [0, 0.05) is 15.4 Å². The summed E-state index contributed by atoms with van der Waals surface area (Å²) in [5.41, 5.74) is 2.86. The Morgan fingerprint density at radius 1 is 1.09 bits per heavy atom. The van der Waals surface area contributed by atoms with Gasteiger partial charge in [-0.15, -0.1) is 0 Å². The van der Waals surface area contributed by atoms with Gasteiger partial charge in [-0.25, -0.2) is 0 Å². The summed E-state index contributed by atoms with van der Waals surface area (Å²) in [7, 11) is 0. The Bertz CT molecular complexity index is 753. The van der Waals surface area contributed by atoms with Crippen LogP contribution in [0.5, 0.6) is 0 Å². The number of nitrogens with zero attached hydrogens (tertiary/aromatic N) is 1. The molecule has 0 aliphatic carbocycles. The molecule has 2 aliphatic rings. The molecular formula is C19H20N2OS. The van der Waals surface area contributed by atoms with Crippen LogP contribution in [0.25, 0.3) is 0 Å². The number of carbonyl (C=O) groups excluding carboxylic acids is 1. The molecule has 1 N–H and O–H groups in total. The molecule has 2 aliphatic heterocycles. The number of nitrogens with one attached hydrogen (secondary N) is 1. The third-order valence-corrected chi connectivity index (χ3v) is 5.86. The number of rotatable bonds is 3. The molecule has 23 heavy (non-hydrogen) atoms. The smallest absolute Gasteiger partial charge is 0.181 e. The SMILES string of the molecule is CC(C(=O)c1cccc2c1Nc1ccccc1S2)N1CCCC1. The summed E-state index contributed by atoms with van der Waals surface area (Å²) in [6.45, 7) is 4.11. The maximum absolute atomic E-state index is 13.0. The summed E-state index contributed by atoms with van der Waals surface area (Å²) in [5.74, 6) is 0.219. The van der Waals surface area contributed by atoms with Crippen LogP contribution in [-0.4, -0.2) is 29.8 Å². The number of para-hydroxylation sites is 2. The van der Waals surface area contributed by atoms with Crippen LogP contribution < -0.4 is 5.32 Å². The molecule has 1 unspecified atom stereocenters. The Kier molecular flexibility index (Phi) is 3.87. The van der Waals surface area contributed by atoms with Crippen molar-refractivity contribution in [3.8, 4) is 0 Å². The van der Waals surface area contributed by atoms with Gasteiger partial charge in [-0.2, -0.15) is 0 Å². The fourth-order valence-corrected chi connectivity index (χ4v) is 4.40. The zero-order valence-electron chi connectivity index (χ0n) is 13.2. The normalized spacial score (nSPS) is 18.0. The number of hydrogen-bond donors (Lipinski definition) is 1. The molecule has 2 aromatic rings. The van der Waals surface area contributed by atoms with Crippen molar-refractivity contribution in [2.75, 3.05) is 18.4 Å². The number of anilines is 2. The Morgan fingerprint density at radius 3 is 2.65 bits per heavy atom. The zero-order valence-corrected chi connectivity index (χ0v) is 14.0. The molecule has 1 atom stereocenters. The molecule has 0 saturated carbocycles. The van der Waals surface area contributed by atoms with Crippen LogP contribution in [0.2, 0.25) is 0 Å². The minimum Gasteiger partial charge on any atom is -0.353 e. The van der Waals surface area contributed by atoms with Gasteiger partial charge in [0.05, 0.1) is 17.4 Å². The molecule has 2 aromatic carbocycles. The zero-order chi connectivity index (χ0) is 15.8. The summed E-state index contributed by atoms with van der Waals surface area (Å²) < 4.78 is 0. The second-order valence-electron chi connectivity index (χ2n) is 6.19. The van der Waals surface area contributed by atoms with Crippen molar-refractivity contribution in [3.63, 3.8) is 0 Å². The first kappa shape index (κ1) is 14.8. The molecule has 0 radical (unpaired) electrons. The Balaban J connectivity index is 1.67. The van der Waals surface area contributed by atoms with Gasteiger partial charge in [0.15, 0.2) is 5.78 Å². The molecule has 4 heteroatoms. The van der Waals surface area contributed by atoms with Crippen molar-refractivity contribution in [1.29, 1.82) is 0 Å². The summed E-state index contributed by atoms with van der Waals surface area (Å²) >= 11 is 1.73. The molecule has 0 spiro atoms. The molecule has 4 rings (SSSR count). The molecule has 2 heterocycles. The quantitative estimate of drug-likeness (QED) is 0.716. The number of Topliss-reactive ketones (excluding diaryl/α,β-unsaturated/α-hetero) is 1. The van der Waals surface area contributed by atoms with Crippen molar-refractivity contribution < 1.29 is 4.79 Å². The first-order valence-corrected chi connectivity index (χ1v) is 9.01. The summed E-state index contributed by atoms with van der Waals surface area (Å²) in [6.07, 6.45) is 2.40. The molecule has 0 aromatic heterocycles. The van der Waals surface area contributed by atoms with Crippen LogP contribution in [0, 0.1) is 0 Å². The number of hydrogen-bond acceptors (Lipinski definition) is 4. The number of fused-ring (bicyclic) bond motifs is 2. The van der Waals surface area contributed by atoms with Crippen molar-refractivity contribution >= 4 is 28.9 Å². The van der Waals surface area contributed by atoms with Gasteiger partial charge in [-0.3, -0.25) is 9.69 Å². The lowest BCUT2D eigenvalue weighted by molar-refractivity contribution is 0.0867. The van der Waals surface area contributed by atoms with E-state index in [-0.39, 0.29) is 11.8 Å². The Morgan fingerprint density at radius 2 is 1.83 bits per heavy atom. The van der Waals surface area contributed by atoms with E-state index in [1.165, 1.54) is 17.7 Å². The summed E-state index contributed by atoms with van der Waals surface area (Å²) in [4.78, 5) is 17.7. The van der Waals surface area contributed by atoms with Crippen molar-refractivity contribution in [2.45, 2.75) is 35.6 Å². The Labute approximate surface area is 141 Å². The highest BCUT2D eigenvalue weighted by Gasteiger charge is 2.28. The van der Waals surface area contributed by atoms with E-state index < -0.39 is 0 Å². The predicted molar refractivity (Wildman–Crippen MR) is 94.9 cm³/mol. The highest BCUT2D eigenvalue weighted by molar-refractivity contribution is 7.99. The number of likely N-dealkylation sites (tertiary alicyclic amines) is 1. The topological polar surface area (TPSA) is 32.3 Å². The van der Waals surface area contributed by atoms with Crippen LogP contribution >= 0.6 is 11.8 Å². The van der Waals surface area contributed by atoms with Gasteiger partial charge < -0.3 is 5.32 Å². The maximum atomic E-state index is 13.0. The van der Waals surface area contributed by atoms with Crippen molar-refractivity contribution in [3.05, 3.63) is 48.0 Å². The van der Waals surface area contributed by atoms with Gasteiger partial charge in [0.25, 0.3) is 0 Å². The van der Waals surface area contributed by atoms with Gasteiger partial charge in [-0.05, 0) is 57.1 Å². The summed E-state index contributed by atoms with van der Waals surface area (Å²) in [5, 5.41) is 3.48. The third-order valence-electron chi connectivity index (χ3n) is 4.73. The van der Waals surface area contributed by atoms with Crippen LogP contribution in [0.4, 0.5) is 11.4 Å². The maximum Gasteiger partial charge on any atom is 0.181 e. The molecule has 0 amide bonds. The van der Waals surface area contributed by atoms with Gasteiger partial charge in [-0.1, -0.05) is 30.0 Å². The fourth-order valence-electron chi connectivity index (χ4n) is 3.38. The second-order valence-corrected chi connectivity index (χ2v) is 7.27. The number of ketones is 1. The lowest BCUT2D eigenvalue weighted by atomic mass is 10.0. The average molecular weight is 324 g/mol. The van der Waals surface area contributed by atoms with E-state index in [0.717, 1.165) is 34.9 Å². The van der Waals surface area contributed by atoms with Crippen LogP contribution in [0.3, 0.4) is 0 Å². The van der Waals surface area contributed by atoms with E-state index in [4.69, 9.17) is 0 Å². The first-order chi connectivity index (χ1) is 11.2. The highest BCUT2D eigenvalue weighted by Crippen LogP contribution is 2.45. The van der Waals surface area contributed by atoms with E-state index in [0.29, 0.717) is 0 Å². The molecule has 1 fully saturated rings. The molecular weight excluding hydrogens is 304 g/mol. The number of carbonyl (C=O) groups is 1. The van der Waals surface area contributed by atoms with E-state index in [9.17, 15) is 4.79 Å². The Hall–Kier alpha value is -1.78. The molecule has 1 saturated heterocycles.